The second-order valence-electron chi connectivity index (χ2n) is 14.4. The Labute approximate surface area is 322 Å². The maximum absolute atomic E-state index is 10.6. The number of nitrogens with zero attached hydrogens (tertiary/aromatic N) is 9. The zero-order valence-electron chi connectivity index (χ0n) is 30.0. The molecule has 0 spiro atoms. The van der Waals surface area contributed by atoms with Crippen LogP contribution in [0.3, 0.4) is 0 Å². The van der Waals surface area contributed by atoms with Crippen molar-refractivity contribution in [3.05, 3.63) is 36.8 Å². The lowest BCUT2D eigenvalue weighted by Crippen LogP contribution is -2.59. The molecule has 0 aliphatic carbocycles. The van der Waals surface area contributed by atoms with Crippen LogP contribution in [0.4, 0.5) is 0 Å². The van der Waals surface area contributed by atoms with Crippen molar-refractivity contribution in [1.82, 2.24) is 45.0 Å². The number of aliphatic hydroxyl groups excluding tert-OH is 12. The van der Waals surface area contributed by atoms with Gasteiger partial charge in [-0.25, -0.2) is 14.0 Å². The number of aromatic nitrogens is 9. The third-order valence-corrected chi connectivity index (χ3v) is 10.5. The van der Waals surface area contributed by atoms with Crippen molar-refractivity contribution in [2.75, 3.05) is 19.8 Å². The molecule has 3 aromatic heterocycles. The minimum absolute atomic E-state index is 0.112. The van der Waals surface area contributed by atoms with E-state index in [9.17, 15) is 61.3 Å². The lowest BCUT2D eigenvalue weighted by atomic mass is 9.95. The van der Waals surface area contributed by atoms with Crippen LogP contribution in [0, 0.1) is 0 Å². The largest absolute Gasteiger partial charge is 0.394 e. The first-order chi connectivity index (χ1) is 27.3. The third kappa shape index (κ3) is 8.33. The number of aliphatic hydroxyl groups is 12. The predicted octanol–water partition coefficient (Wildman–Crippen LogP) is -7.01. The molecule has 3 aliphatic rings. The van der Waals surface area contributed by atoms with E-state index in [2.05, 4.69) is 30.9 Å². The molecule has 3 fully saturated rings. The van der Waals surface area contributed by atoms with Crippen molar-refractivity contribution in [1.29, 1.82) is 0 Å². The summed E-state index contributed by atoms with van der Waals surface area (Å²) in [5, 5.41) is 147. The Morgan fingerprint density at radius 2 is 0.632 bits per heavy atom. The molecule has 7 rings (SSSR count). The summed E-state index contributed by atoms with van der Waals surface area (Å²) < 4.78 is 20.9. The molecule has 57 heavy (non-hydrogen) atoms. The normalized spacial score (nSPS) is 36.1. The van der Waals surface area contributed by atoms with E-state index >= 15 is 0 Å². The maximum atomic E-state index is 10.6. The summed E-state index contributed by atoms with van der Waals surface area (Å²) >= 11 is 0. The maximum Gasteiger partial charge on any atom is 0.113 e. The lowest BCUT2D eigenvalue weighted by molar-refractivity contribution is -0.232. The first kappa shape index (κ1) is 41.2. The van der Waals surface area contributed by atoms with Gasteiger partial charge in [0.15, 0.2) is 0 Å². The van der Waals surface area contributed by atoms with Crippen LogP contribution in [-0.2, 0) is 33.8 Å². The van der Waals surface area contributed by atoms with Crippen LogP contribution in [0.15, 0.2) is 36.8 Å². The van der Waals surface area contributed by atoms with E-state index in [1.807, 2.05) is 0 Å². The zero-order chi connectivity index (χ0) is 40.7. The zero-order valence-corrected chi connectivity index (χ0v) is 30.0. The molecule has 0 unspecified atom stereocenters. The van der Waals surface area contributed by atoms with Crippen LogP contribution in [0.25, 0.3) is 33.8 Å². The first-order valence-electron chi connectivity index (χ1n) is 18.1. The van der Waals surface area contributed by atoms with Crippen molar-refractivity contribution < 1.29 is 75.5 Å². The lowest BCUT2D eigenvalue weighted by Gasteiger charge is -2.39. The monoisotopic (exact) mass is 807 g/mol. The average molecular weight is 808 g/mol. The van der Waals surface area contributed by atoms with Gasteiger partial charge in [-0.2, -0.15) is 0 Å². The smallest absolute Gasteiger partial charge is 0.113 e. The van der Waals surface area contributed by atoms with Gasteiger partial charge in [0.25, 0.3) is 0 Å². The van der Waals surface area contributed by atoms with Crippen LogP contribution < -0.4 is 0 Å². The number of benzene rings is 1. The highest BCUT2D eigenvalue weighted by atomic mass is 16.6. The summed E-state index contributed by atoms with van der Waals surface area (Å²) in [6.45, 7) is -2.13. The van der Waals surface area contributed by atoms with Crippen molar-refractivity contribution in [3.8, 4) is 33.8 Å². The third-order valence-electron chi connectivity index (χ3n) is 10.5. The van der Waals surface area contributed by atoms with Crippen LogP contribution in [-0.4, -0.2) is 218 Å². The van der Waals surface area contributed by atoms with E-state index in [0.29, 0.717) is 33.8 Å². The standard InChI is InChI=1S/C33H45N9O15/c43-10-22-28(49)31(52)25(46)19(55-22)7-40-4-16(34-37-40)13-1-14(17-5-41(38-35-17)8-20-26(47)32(53)29(50)23(11-44)56-20)3-15(2-13)18-6-42(39-36-18)9-21-27(48)33(54)30(51)24(12-45)57-21/h1-6,19-33,43-54H,7-12H2/t19-,20-,21-,22+,23+,24+,25-,26-,27-,28+,29+,30+,31+,32+,33+/m0/s1. The number of ether oxygens (including phenoxy) is 3. The number of hydrogen-bond donors (Lipinski definition) is 12. The molecule has 6 heterocycles. The molecule has 0 amide bonds. The SMILES string of the molecule is OC[C@H]1O[C@@H](Cn2cc(-c3cc(-c4cn(C[C@@H]5O[C@H](CO)[C@@H](O)[C@H](O)[C@H]5O)nn4)cc(-c4cn(C[C@@H]5O[C@H](CO)[C@@H](O)[C@H](O)[C@H]5O)nn4)c3)nn2)[C@H](O)[C@@H](O)[C@@H]1O. The van der Waals surface area contributed by atoms with Crippen LogP contribution >= 0.6 is 0 Å². The Balaban J connectivity index is 1.17. The Hall–Kier alpha value is -3.96. The fourth-order valence-electron chi connectivity index (χ4n) is 7.17. The van der Waals surface area contributed by atoms with Crippen LogP contribution in [0.2, 0.25) is 0 Å². The molecule has 0 bridgehead atoms. The van der Waals surface area contributed by atoms with Crippen LogP contribution in [0.5, 0.6) is 0 Å². The number of rotatable bonds is 12. The molecular weight excluding hydrogens is 762 g/mol. The molecule has 0 saturated carbocycles. The fourth-order valence-corrected chi connectivity index (χ4v) is 7.17. The average Bonchev–Trinajstić information content (AvgIpc) is 4.00. The molecule has 3 saturated heterocycles. The van der Waals surface area contributed by atoms with Gasteiger partial charge in [-0.15, -0.1) is 15.3 Å². The second-order valence-corrected chi connectivity index (χ2v) is 14.4. The minimum Gasteiger partial charge on any atom is -0.394 e. The summed E-state index contributed by atoms with van der Waals surface area (Å²) in [7, 11) is 0. The fraction of sp³-hybridized carbons (Fsp3) is 0.636. The predicted molar refractivity (Wildman–Crippen MR) is 185 cm³/mol. The van der Waals surface area contributed by atoms with Gasteiger partial charge in [-0.1, -0.05) is 15.6 Å². The van der Waals surface area contributed by atoms with E-state index in [1.54, 1.807) is 18.2 Å². The first-order valence-corrected chi connectivity index (χ1v) is 18.1. The van der Waals surface area contributed by atoms with Crippen molar-refractivity contribution in [3.63, 3.8) is 0 Å². The van der Waals surface area contributed by atoms with Gasteiger partial charge in [0.05, 0.1) is 58.0 Å². The summed E-state index contributed by atoms with van der Waals surface area (Å²) in [6, 6.07) is 5.14. The van der Waals surface area contributed by atoms with Gasteiger partial charge in [-0.05, 0) is 18.2 Å². The Bertz CT molecular complexity index is 1720. The molecule has 24 nitrogen and oxygen atoms in total. The topological polar surface area (TPSA) is 363 Å². The van der Waals surface area contributed by atoms with Crippen molar-refractivity contribution >= 4 is 0 Å². The second kappa shape index (κ2) is 17.1. The molecule has 12 N–H and O–H groups in total. The highest BCUT2D eigenvalue weighted by Gasteiger charge is 2.46. The molecule has 24 heteroatoms. The minimum atomic E-state index is -1.58. The molecule has 4 aromatic rings. The summed E-state index contributed by atoms with van der Waals surface area (Å²) in [6.07, 6.45) is -15.7. The highest BCUT2D eigenvalue weighted by molar-refractivity contribution is 5.77. The summed E-state index contributed by atoms with van der Waals surface area (Å²) in [5.41, 5.74) is 2.42. The molecular formula is C33H45N9O15. The quantitative estimate of drug-likeness (QED) is 0.0633. The van der Waals surface area contributed by atoms with E-state index < -0.39 is 111 Å². The van der Waals surface area contributed by atoms with E-state index in [1.165, 1.54) is 32.6 Å². The summed E-state index contributed by atoms with van der Waals surface area (Å²) in [4.78, 5) is 0. The molecule has 3 aliphatic heterocycles. The van der Waals surface area contributed by atoms with Gasteiger partial charge < -0.3 is 75.5 Å². The molecule has 312 valence electrons. The van der Waals surface area contributed by atoms with Crippen LogP contribution in [0.1, 0.15) is 0 Å². The van der Waals surface area contributed by atoms with Gasteiger partial charge in [-0.3, -0.25) is 0 Å². The van der Waals surface area contributed by atoms with Gasteiger partial charge in [0, 0.05) is 16.7 Å². The highest BCUT2D eigenvalue weighted by Crippen LogP contribution is 2.32. The Morgan fingerprint density at radius 3 is 0.877 bits per heavy atom. The Kier molecular flexibility index (Phi) is 12.4. The van der Waals surface area contributed by atoms with Crippen molar-refractivity contribution in [2.24, 2.45) is 0 Å². The molecule has 1 aromatic carbocycles. The van der Waals surface area contributed by atoms with Gasteiger partial charge in [0.1, 0.15) is 109 Å². The van der Waals surface area contributed by atoms with E-state index in [0.717, 1.165) is 0 Å². The summed E-state index contributed by atoms with van der Waals surface area (Å²) in [5.74, 6) is 0. The number of hydrogen-bond acceptors (Lipinski definition) is 21. The Morgan fingerprint density at radius 1 is 0.386 bits per heavy atom. The van der Waals surface area contributed by atoms with E-state index in [-0.39, 0.29) is 19.6 Å². The van der Waals surface area contributed by atoms with E-state index in [4.69, 9.17) is 14.2 Å². The van der Waals surface area contributed by atoms with Gasteiger partial charge >= 0.3 is 0 Å². The molecule has 0 radical (unpaired) electrons. The van der Waals surface area contributed by atoms with Crippen molar-refractivity contribution in [2.45, 2.75) is 111 Å². The molecule has 15 atom stereocenters. The van der Waals surface area contributed by atoms with Gasteiger partial charge in [0.2, 0.25) is 0 Å².